The first kappa shape index (κ1) is 24.7. The predicted molar refractivity (Wildman–Crippen MR) is 136 cm³/mol. The number of fused-ring (bicyclic) bond motifs is 1. The molecule has 0 spiro atoms. The van der Waals surface area contributed by atoms with Gasteiger partial charge in [-0.05, 0) is 70.0 Å². The first-order valence-electron chi connectivity index (χ1n) is 11.3. The molecule has 3 N–H and O–H groups in total. The quantitative estimate of drug-likeness (QED) is 0.390. The summed E-state index contributed by atoms with van der Waals surface area (Å²) in [7, 11) is 4.19. The minimum atomic E-state index is -0.611. The molecular weight excluding hydrogens is 475 g/mol. The first-order chi connectivity index (χ1) is 16.3. The van der Waals surface area contributed by atoms with Crippen LogP contribution in [0, 0.1) is 5.92 Å². The number of hydrogen-bond acceptors (Lipinski definition) is 7. The van der Waals surface area contributed by atoms with E-state index in [2.05, 4.69) is 29.3 Å². The SMILES string of the molecule is CN(C)C[C@H]1CC[C@@H](Nc2c(C(=O)CO)cnc3ccc(-c4cc(Cl)c(O)c(Cl)c4)nc23)CC1. The smallest absolute Gasteiger partial charge is 0.191 e. The van der Waals surface area contributed by atoms with Crippen molar-refractivity contribution in [2.24, 2.45) is 5.92 Å². The zero-order chi connectivity index (χ0) is 24.4. The zero-order valence-electron chi connectivity index (χ0n) is 19.2. The minimum absolute atomic E-state index is 0.125. The number of rotatable bonds is 7. The number of pyridine rings is 2. The maximum Gasteiger partial charge on any atom is 0.191 e. The molecule has 1 aliphatic rings. The Bertz CT molecular complexity index is 1190. The topological polar surface area (TPSA) is 98.6 Å². The molecule has 0 atom stereocenters. The molecular formula is C25H28Cl2N4O3. The number of Topliss-reactive ketones (excluding diaryl/α,β-unsaturated/α-hetero) is 1. The van der Waals surface area contributed by atoms with Crippen molar-refractivity contribution >= 4 is 45.7 Å². The lowest BCUT2D eigenvalue weighted by Gasteiger charge is -2.31. The fourth-order valence-corrected chi connectivity index (χ4v) is 5.08. The molecule has 0 amide bonds. The number of benzene rings is 1. The van der Waals surface area contributed by atoms with E-state index in [1.165, 1.54) is 6.20 Å². The Balaban J connectivity index is 1.72. The highest BCUT2D eigenvalue weighted by Gasteiger charge is 2.25. The highest BCUT2D eigenvalue weighted by molar-refractivity contribution is 6.37. The summed E-state index contributed by atoms with van der Waals surface area (Å²) in [6.45, 7) is 0.460. The Kier molecular flexibility index (Phi) is 7.57. The number of carbonyl (C=O) groups excluding carboxylic acids is 1. The van der Waals surface area contributed by atoms with Crippen molar-refractivity contribution in [2.75, 3.05) is 32.6 Å². The maximum atomic E-state index is 12.5. The Morgan fingerprint density at radius 3 is 2.44 bits per heavy atom. The molecule has 2 heterocycles. The molecule has 0 aliphatic heterocycles. The van der Waals surface area contributed by atoms with E-state index in [0.717, 1.165) is 32.2 Å². The highest BCUT2D eigenvalue weighted by atomic mass is 35.5. The molecule has 0 unspecified atom stereocenters. The molecule has 4 rings (SSSR count). The molecule has 0 bridgehead atoms. The number of aliphatic hydroxyl groups is 1. The Hall–Kier alpha value is -2.45. The van der Waals surface area contributed by atoms with Crippen molar-refractivity contribution in [1.29, 1.82) is 0 Å². The number of nitrogens with zero attached hydrogens (tertiary/aromatic N) is 3. The lowest BCUT2D eigenvalue weighted by atomic mass is 9.85. The van der Waals surface area contributed by atoms with Crippen LogP contribution in [0.4, 0.5) is 5.69 Å². The van der Waals surface area contributed by atoms with Crippen LogP contribution in [0.2, 0.25) is 10.0 Å². The molecule has 9 heteroatoms. The van der Waals surface area contributed by atoms with E-state index < -0.39 is 12.4 Å². The Morgan fingerprint density at radius 1 is 1.15 bits per heavy atom. The molecule has 0 saturated heterocycles. The van der Waals surface area contributed by atoms with E-state index in [-0.39, 0.29) is 21.8 Å². The summed E-state index contributed by atoms with van der Waals surface area (Å²) in [5.74, 6) is 0.0632. The molecule has 34 heavy (non-hydrogen) atoms. The van der Waals surface area contributed by atoms with Crippen LogP contribution in [0.15, 0.2) is 30.5 Å². The van der Waals surface area contributed by atoms with Crippen LogP contribution in [0.3, 0.4) is 0 Å². The number of aromatic nitrogens is 2. The van der Waals surface area contributed by atoms with Gasteiger partial charge in [-0.25, -0.2) is 4.98 Å². The lowest BCUT2D eigenvalue weighted by Crippen LogP contribution is -2.31. The summed E-state index contributed by atoms with van der Waals surface area (Å²) in [5.41, 5.74) is 3.26. The Labute approximate surface area is 208 Å². The second kappa shape index (κ2) is 10.4. The van der Waals surface area contributed by atoms with Gasteiger partial charge in [-0.2, -0.15) is 0 Å². The van der Waals surface area contributed by atoms with E-state index in [1.807, 2.05) is 6.07 Å². The molecule has 1 fully saturated rings. The van der Waals surface area contributed by atoms with Crippen LogP contribution in [0.1, 0.15) is 36.0 Å². The number of nitrogens with one attached hydrogen (secondary N) is 1. The largest absolute Gasteiger partial charge is 0.505 e. The van der Waals surface area contributed by atoms with Gasteiger partial charge in [0.2, 0.25) is 0 Å². The predicted octanol–water partition coefficient (Wildman–Crippen LogP) is 5.02. The van der Waals surface area contributed by atoms with Crippen molar-refractivity contribution < 1.29 is 15.0 Å². The first-order valence-corrected chi connectivity index (χ1v) is 12.1. The monoisotopic (exact) mass is 502 g/mol. The van der Waals surface area contributed by atoms with Gasteiger partial charge in [-0.15, -0.1) is 0 Å². The van der Waals surface area contributed by atoms with Crippen LogP contribution in [0.5, 0.6) is 5.75 Å². The lowest BCUT2D eigenvalue weighted by molar-refractivity contribution is 0.0904. The molecule has 7 nitrogen and oxygen atoms in total. The number of phenolic OH excluding ortho intramolecular Hbond substituents is 1. The van der Waals surface area contributed by atoms with Crippen molar-refractivity contribution in [3.05, 3.63) is 46.1 Å². The molecule has 1 aliphatic carbocycles. The number of phenols is 1. The number of hydrogen-bond donors (Lipinski definition) is 3. The van der Waals surface area contributed by atoms with E-state index in [4.69, 9.17) is 28.2 Å². The number of ketones is 1. The third-order valence-electron chi connectivity index (χ3n) is 6.29. The van der Waals surface area contributed by atoms with Gasteiger partial charge in [0.1, 0.15) is 12.1 Å². The van der Waals surface area contributed by atoms with E-state index in [9.17, 15) is 15.0 Å². The van der Waals surface area contributed by atoms with Gasteiger partial charge in [-0.1, -0.05) is 23.2 Å². The van der Waals surface area contributed by atoms with Crippen LogP contribution in [0.25, 0.3) is 22.3 Å². The molecule has 1 aromatic carbocycles. The van der Waals surface area contributed by atoms with Crippen molar-refractivity contribution in [1.82, 2.24) is 14.9 Å². The average molecular weight is 503 g/mol. The average Bonchev–Trinajstić information content (AvgIpc) is 2.82. The van der Waals surface area contributed by atoms with Gasteiger partial charge in [0, 0.05) is 24.3 Å². The fraction of sp³-hybridized carbons (Fsp3) is 0.400. The number of carbonyl (C=O) groups is 1. The molecule has 3 aromatic rings. The summed E-state index contributed by atoms with van der Waals surface area (Å²) < 4.78 is 0. The van der Waals surface area contributed by atoms with Gasteiger partial charge >= 0.3 is 0 Å². The highest BCUT2D eigenvalue weighted by Crippen LogP contribution is 2.37. The third kappa shape index (κ3) is 5.28. The molecule has 1 saturated carbocycles. The van der Waals surface area contributed by atoms with E-state index >= 15 is 0 Å². The van der Waals surface area contributed by atoms with Crippen LogP contribution in [-0.2, 0) is 0 Å². The van der Waals surface area contributed by atoms with Gasteiger partial charge in [0.05, 0.1) is 32.5 Å². The van der Waals surface area contributed by atoms with Crippen LogP contribution >= 0.6 is 23.2 Å². The van der Waals surface area contributed by atoms with Gasteiger partial charge in [0.25, 0.3) is 0 Å². The van der Waals surface area contributed by atoms with Gasteiger partial charge in [0.15, 0.2) is 11.5 Å². The second-order valence-electron chi connectivity index (χ2n) is 9.11. The number of aromatic hydroxyl groups is 1. The number of anilines is 1. The number of aliphatic hydroxyl groups excluding tert-OH is 1. The summed E-state index contributed by atoms with van der Waals surface area (Å²) in [6, 6.07) is 6.98. The van der Waals surface area contributed by atoms with E-state index in [1.54, 1.807) is 18.2 Å². The normalized spacial score (nSPS) is 18.4. The standard InChI is InChI=1S/C25H28Cl2N4O3/c1-31(2)12-14-3-5-16(6-4-14)29-23-17(22(33)13-32)11-28-21-8-7-20(30-24(21)23)15-9-18(26)25(34)19(27)10-15/h7-11,14,16,32,34H,3-6,12-13H2,1-2H3,(H,28,29)/t14-,16+. The summed E-state index contributed by atoms with van der Waals surface area (Å²) in [6.07, 6.45) is 5.67. The maximum absolute atomic E-state index is 12.5. The number of halogens is 2. The Morgan fingerprint density at radius 2 is 1.82 bits per heavy atom. The van der Waals surface area contributed by atoms with E-state index in [0.29, 0.717) is 39.5 Å². The molecule has 0 radical (unpaired) electrons. The van der Waals surface area contributed by atoms with Crippen LogP contribution in [-0.4, -0.2) is 64.2 Å². The zero-order valence-corrected chi connectivity index (χ0v) is 20.7. The fourth-order valence-electron chi connectivity index (χ4n) is 4.59. The van der Waals surface area contributed by atoms with Crippen molar-refractivity contribution in [2.45, 2.75) is 31.7 Å². The van der Waals surface area contributed by atoms with Crippen molar-refractivity contribution in [3.8, 4) is 17.0 Å². The summed E-state index contributed by atoms with van der Waals surface area (Å²) in [5, 5.41) is 23.2. The second-order valence-corrected chi connectivity index (χ2v) is 9.92. The third-order valence-corrected chi connectivity index (χ3v) is 6.86. The molecule has 2 aromatic heterocycles. The van der Waals surface area contributed by atoms with Crippen molar-refractivity contribution in [3.63, 3.8) is 0 Å². The summed E-state index contributed by atoms with van der Waals surface area (Å²) >= 11 is 12.2. The van der Waals surface area contributed by atoms with Crippen LogP contribution < -0.4 is 5.32 Å². The van der Waals surface area contributed by atoms with Gasteiger partial charge in [-0.3, -0.25) is 9.78 Å². The van der Waals surface area contributed by atoms with Gasteiger partial charge < -0.3 is 20.4 Å². The summed E-state index contributed by atoms with van der Waals surface area (Å²) in [4.78, 5) is 24.0. The molecule has 180 valence electrons. The minimum Gasteiger partial charge on any atom is -0.505 e.